The Morgan fingerprint density at radius 2 is 1.79 bits per heavy atom. The molecule has 7 heteroatoms. The second kappa shape index (κ2) is 7.16. The number of carbonyl (C=O) groups excluding carboxylic acids is 1. The number of rotatable bonds is 3. The topological polar surface area (TPSA) is 92.1 Å². The van der Waals surface area contributed by atoms with Crippen LogP contribution in [0.1, 0.15) is 47.8 Å². The highest BCUT2D eigenvalue weighted by Crippen LogP contribution is 2.34. The SMILES string of the molecule is O=C(N[C@H]1CC[C@H](c2n[nH]c(=O)c3ccccc32)CC1)c1cn2ccccc2n1. The van der Waals surface area contributed by atoms with E-state index in [-0.39, 0.29) is 23.4 Å². The van der Waals surface area contributed by atoms with Gasteiger partial charge < -0.3 is 9.72 Å². The molecule has 0 radical (unpaired) electrons. The van der Waals surface area contributed by atoms with Gasteiger partial charge in [0.25, 0.3) is 11.5 Å². The van der Waals surface area contributed by atoms with Gasteiger partial charge in [0, 0.05) is 29.7 Å². The molecule has 7 nitrogen and oxygen atoms in total. The van der Waals surface area contributed by atoms with E-state index in [0.717, 1.165) is 42.4 Å². The zero-order chi connectivity index (χ0) is 19.8. The number of H-pyrrole nitrogens is 1. The molecule has 0 bridgehead atoms. The van der Waals surface area contributed by atoms with Crippen LogP contribution in [0.5, 0.6) is 0 Å². The summed E-state index contributed by atoms with van der Waals surface area (Å²) < 4.78 is 1.85. The van der Waals surface area contributed by atoms with Gasteiger partial charge in [0.2, 0.25) is 0 Å². The van der Waals surface area contributed by atoms with Crippen molar-refractivity contribution in [3.8, 4) is 0 Å². The predicted molar refractivity (Wildman–Crippen MR) is 110 cm³/mol. The molecule has 146 valence electrons. The zero-order valence-corrected chi connectivity index (χ0v) is 15.8. The van der Waals surface area contributed by atoms with Crippen LogP contribution in [0.15, 0.2) is 59.7 Å². The number of aromatic amines is 1. The van der Waals surface area contributed by atoms with Crippen LogP contribution in [-0.2, 0) is 0 Å². The molecule has 1 aromatic carbocycles. The third-order valence-electron chi connectivity index (χ3n) is 5.77. The average Bonchev–Trinajstić information content (AvgIpc) is 3.20. The summed E-state index contributed by atoms with van der Waals surface area (Å²) in [7, 11) is 0. The van der Waals surface area contributed by atoms with Gasteiger partial charge in [0.1, 0.15) is 11.3 Å². The number of hydrogen-bond acceptors (Lipinski definition) is 4. The molecule has 0 unspecified atom stereocenters. The van der Waals surface area contributed by atoms with Crippen molar-refractivity contribution in [2.24, 2.45) is 0 Å². The first-order valence-electron chi connectivity index (χ1n) is 9.91. The van der Waals surface area contributed by atoms with Gasteiger partial charge in [-0.3, -0.25) is 9.59 Å². The van der Waals surface area contributed by atoms with Gasteiger partial charge >= 0.3 is 0 Å². The van der Waals surface area contributed by atoms with Gasteiger partial charge in [-0.15, -0.1) is 0 Å². The maximum Gasteiger partial charge on any atom is 0.272 e. The summed E-state index contributed by atoms with van der Waals surface area (Å²) in [6.07, 6.45) is 7.22. The molecule has 0 aliphatic heterocycles. The van der Waals surface area contributed by atoms with Gasteiger partial charge in [-0.2, -0.15) is 5.10 Å². The van der Waals surface area contributed by atoms with Crippen molar-refractivity contribution >= 4 is 22.3 Å². The number of benzene rings is 1. The van der Waals surface area contributed by atoms with Crippen LogP contribution >= 0.6 is 0 Å². The van der Waals surface area contributed by atoms with Crippen LogP contribution in [0.2, 0.25) is 0 Å². The fraction of sp³-hybridized carbons (Fsp3) is 0.273. The Kier molecular flexibility index (Phi) is 4.35. The standard InChI is InChI=1S/C22H21N5O2/c28-21-17-6-2-1-5-16(17)20(25-26-21)14-8-10-15(11-9-14)23-22(29)18-13-27-12-4-3-7-19(27)24-18/h1-7,12-15H,8-11H2,(H,23,29)(H,26,28)/t14-,15-. The fourth-order valence-electron chi connectivity index (χ4n) is 4.26. The number of pyridine rings is 1. The molecule has 4 aromatic rings. The van der Waals surface area contributed by atoms with Gasteiger partial charge in [-0.05, 0) is 43.9 Å². The largest absolute Gasteiger partial charge is 0.348 e. The lowest BCUT2D eigenvalue weighted by Gasteiger charge is -2.29. The molecule has 1 saturated carbocycles. The highest BCUT2D eigenvalue weighted by molar-refractivity contribution is 5.93. The van der Waals surface area contributed by atoms with E-state index in [2.05, 4.69) is 20.5 Å². The quantitative estimate of drug-likeness (QED) is 0.565. The van der Waals surface area contributed by atoms with Crippen molar-refractivity contribution in [2.75, 3.05) is 0 Å². The van der Waals surface area contributed by atoms with Gasteiger partial charge in [-0.1, -0.05) is 24.3 Å². The molecule has 0 atom stereocenters. The monoisotopic (exact) mass is 387 g/mol. The Labute approximate surface area is 166 Å². The van der Waals surface area contributed by atoms with E-state index in [4.69, 9.17) is 0 Å². The average molecular weight is 387 g/mol. The molecule has 1 fully saturated rings. The smallest absolute Gasteiger partial charge is 0.272 e. The van der Waals surface area contributed by atoms with Crippen molar-refractivity contribution in [2.45, 2.75) is 37.6 Å². The zero-order valence-electron chi connectivity index (χ0n) is 15.8. The Morgan fingerprint density at radius 3 is 2.59 bits per heavy atom. The number of aromatic nitrogens is 4. The minimum atomic E-state index is -0.155. The van der Waals surface area contributed by atoms with E-state index in [1.54, 1.807) is 6.20 Å². The molecule has 5 rings (SSSR count). The van der Waals surface area contributed by atoms with E-state index in [0.29, 0.717) is 11.1 Å². The first-order valence-corrected chi connectivity index (χ1v) is 9.91. The molecular formula is C22H21N5O2. The Hall–Kier alpha value is -3.48. The van der Waals surface area contributed by atoms with E-state index in [1.807, 2.05) is 53.1 Å². The molecule has 1 aliphatic carbocycles. The summed E-state index contributed by atoms with van der Waals surface area (Å²) >= 11 is 0. The Bertz CT molecular complexity index is 1220. The summed E-state index contributed by atoms with van der Waals surface area (Å²) in [4.78, 5) is 29.0. The summed E-state index contributed by atoms with van der Waals surface area (Å²) in [5.41, 5.74) is 1.99. The van der Waals surface area contributed by atoms with Crippen LogP contribution in [0.3, 0.4) is 0 Å². The lowest BCUT2D eigenvalue weighted by Crippen LogP contribution is -2.37. The van der Waals surface area contributed by atoms with Crippen LogP contribution < -0.4 is 10.9 Å². The van der Waals surface area contributed by atoms with Crippen LogP contribution in [0.4, 0.5) is 0 Å². The lowest BCUT2D eigenvalue weighted by atomic mass is 9.82. The second-order valence-electron chi connectivity index (χ2n) is 7.60. The van der Waals surface area contributed by atoms with Gasteiger partial charge in [-0.25, -0.2) is 10.1 Å². The highest BCUT2D eigenvalue weighted by Gasteiger charge is 2.26. The molecule has 1 amide bonds. The minimum absolute atomic E-state index is 0.123. The van der Waals surface area contributed by atoms with Crippen molar-refractivity contribution in [3.63, 3.8) is 0 Å². The lowest BCUT2D eigenvalue weighted by molar-refractivity contribution is 0.0921. The van der Waals surface area contributed by atoms with Crippen LogP contribution in [0.25, 0.3) is 16.4 Å². The second-order valence-corrected chi connectivity index (χ2v) is 7.60. The van der Waals surface area contributed by atoms with Crippen molar-refractivity contribution in [1.29, 1.82) is 0 Å². The van der Waals surface area contributed by atoms with E-state index in [1.165, 1.54) is 0 Å². The molecule has 29 heavy (non-hydrogen) atoms. The molecule has 3 heterocycles. The maximum atomic E-state index is 12.6. The molecule has 0 saturated heterocycles. The molecule has 2 N–H and O–H groups in total. The summed E-state index contributed by atoms with van der Waals surface area (Å²) in [5, 5.41) is 11.7. The summed E-state index contributed by atoms with van der Waals surface area (Å²) in [5.74, 6) is 0.143. The summed E-state index contributed by atoms with van der Waals surface area (Å²) in [6, 6.07) is 13.4. The Balaban J connectivity index is 1.28. The fourth-order valence-corrected chi connectivity index (χ4v) is 4.26. The van der Waals surface area contributed by atoms with E-state index < -0.39 is 0 Å². The molecule has 1 aliphatic rings. The Morgan fingerprint density at radius 1 is 1.03 bits per heavy atom. The van der Waals surface area contributed by atoms with Crippen molar-refractivity contribution in [3.05, 3.63) is 76.6 Å². The minimum Gasteiger partial charge on any atom is -0.348 e. The third kappa shape index (κ3) is 3.29. The molecular weight excluding hydrogens is 366 g/mol. The normalized spacial score (nSPS) is 19.4. The number of imidazole rings is 1. The first-order chi connectivity index (χ1) is 14.2. The first kappa shape index (κ1) is 17.6. The number of carbonyl (C=O) groups is 1. The van der Waals surface area contributed by atoms with Crippen molar-refractivity contribution in [1.82, 2.24) is 24.9 Å². The summed E-state index contributed by atoms with van der Waals surface area (Å²) in [6.45, 7) is 0. The van der Waals surface area contributed by atoms with Gasteiger partial charge in [0.15, 0.2) is 0 Å². The van der Waals surface area contributed by atoms with Crippen molar-refractivity contribution < 1.29 is 4.79 Å². The van der Waals surface area contributed by atoms with E-state index >= 15 is 0 Å². The number of amides is 1. The third-order valence-corrected chi connectivity index (χ3v) is 5.77. The molecule has 0 spiro atoms. The predicted octanol–water partition coefficient (Wildman–Crippen LogP) is 3.03. The van der Waals surface area contributed by atoms with Crippen LogP contribution in [-0.4, -0.2) is 31.5 Å². The highest BCUT2D eigenvalue weighted by atomic mass is 16.2. The number of nitrogens with zero attached hydrogens (tertiary/aromatic N) is 3. The van der Waals surface area contributed by atoms with Crippen LogP contribution in [0, 0.1) is 0 Å². The van der Waals surface area contributed by atoms with Gasteiger partial charge in [0.05, 0.1) is 11.1 Å². The van der Waals surface area contributed by atoms with E-state index in [9.17, 15) is 9.59 Å². The number of nitrogens with one attached hydrogen (secondary N) is 2. The maximum absolute atomic E-state index is 12.6. The number of fused-ring (bicyclic) bond motifs is 2. The molecule has 3 aromatic heterocycles. The number of hydrogen-bond donors (Lipinski definition) is 2.